The number of nitrogens with one attached hydrogen (secondary N) is 1. The van der Waals surface area contributed by atoms with Crippen LogP contribution >= 0.6 is 0 Å². The number of morpholine rings is 1. The Morgan fingerprint density at radius 2 is 2.30 bits per heavy atom. The van der Waals surface area contributed by atoms with E-state index in [-0.39, 0.29) is 5.60 Å². The van der Waals surface area contributed by atoms with Gasteiger partial charge < -0.3 is 15.0 Å². The van der Waals surface area contributed by atoms with Gasteiger partial charge in [-0.25, -0.2) is 0 Å². The highest BCUT2D eigenvalue weighted by molar-refractivity contribution is 5.46. The topological polar surface area (TPSA) is 37.4 Å². The summed E-state index contributed by atoms with van der Waals surface area (Å²) in [6, 6.07) is 4.36. The van der Waals surface area contributed by atoms with E-state index in [2.05, 4.69) is 41.2 Å². The summed E-state index contributed by atoms with van der Waals surface area (Å²) >= 11 is 0. The van der Waals surface area contributed by atoms with Gasteiger partial charge in [-0.3, -0.25) is 4.98 Å². The molecule has 3 rings (SSSR count). The predicted molar refractivity (Wildman–Crippen MR) is 81.3 cm³/mol. The lowest BCUT2D eigenvalue weighted by atomic mass is 9.91. The summed E-state index contributed by atoms with van der Waals surface area (Å²) < 4.78 is 6.10. The largest absolute Gasteiger partial charge is 0.371 e. The third-order valence-corrected chi connectivity index (χ3v) is 4.40. The van der Waals surface area contributed by atoms with Gasteiger partial charge in [-0.2, -0.15) is 0 Å². The molecule has 3 heterocycles. The SMILES string of the molecule is CC(C)c1ccc(N2CCC[C@]3(CNCCO3)C2)cn1. The van der Waals surface area contributed by atoms with Crippen LogP contribution in [0.5, 0.6) is 0 Å². The normalized spacial score (nSPS) is 27.2. The Morgan fingerprint density at radius 3 is 2.95 bits per heavy atom. The molecule has 110 valence electrons. The molecule has 0 saturated carbocycles. The smallest absolute Gasteiger partial charge is 0.0981 e. The molecule has 1 spiro atoms. The molecule has 0 amide bonds. The van der Waals surface area contributed by atoms with Crippen LogP contribution in [0.1, 0.15) is 38.3 Å². The maximum Gasteiger partial charge on any atom is 0.0981 e. The van der Waals surface area contributed by atoms with Crippen molar-refractivity contribution in [3.05, 3.63) is 24.0 Å². The van der Waals surface area contributed by atoms with Crippen LogP contribution in [-0.2, 0) is 4.74 Å². The second-order valence-corrected chi connectivity index (χ2v) is 6.33. The van der Waals surface area contributed by atoms with Crippen LogP contribution in [0.15, 0.2) is 18.3 Å². The maximum absolute atomic E-state index is 6.10. The number of ether oxygens (including phenoxy) is 1. The van der Waals surface area contributed by atoms with Crippen molar-refractivity contribution in [2.24, 2.45) is 0 Å². The number of pyridine rings is 1. The van der Waals surface area contributed by atoms with Crippen molar-refractivity contribution in [3.8, 4) is 0 Å². The molecule has 0 aliphatic carbocycles. The Hall–Kier alpha value is -1.13. The third-order valence-electron chi connectivity index (χ3n) is 4.40. The molecule has 2 aliphatic rings. The second-order valence-electron chi connectivity index (χ2n) is 6.33. The summed E-state index contributed by atoms with van der Waals surface area (Å²) in [5, 5.41) is 3.47. The van der Waals surface area contributed by atoms with Crippen molar-refractivity contribution in [1.82, 2.24) is 10.3 Å². The average Bonchev–Trinajstić information content (AvgIpc) is 2.48. The highest BCUT2D eigenvalue weighted by Crippen LogP contribution is 2.29. The highest BCUT2D eigenvalue weighted by atomic mass is 16.5. The molecule has 1 aromatic rings. The van der Waals surface area contributed by atoms with E-state index in [1.807, 2.05) is 6.20 Å². The molecule has 2 aliphatic heterocycles. The highest BCUT2D eigenvalue weighted by Gasteiger charge is 2.38. The Balaban J connectivity index is 1.73. The zero-order valence-electron chi connectivity index (χ0n) is 12.6. The van der Waals surface area contributed by atoms with Crippen molar-refractivity contribution >= 4 is 5.69 Å². The van der Waals surface area contributed by atoms with E-state index in [9.17, 15) is 0 Å². The zero-order chi connectivity index (χ0) is 14.0. The van der Waals surface area contributed by atoms with E-state index in [4.69, 9.17) is 4.74 Å². The molecule has 4 heteroatoms. The number of rotatable bonds is 2. The summed E-state index contributed by atoms with van der Waals surface area (Å²) in [6.45, 7) is 9.22. The quantitative estimate of drug-likeness (QED) is 0.897. The van der Waals surface area contributed by atoms with E-state index in [0.29, 0.717) is 5.92 Å². The zero-order valence-corrected chi connectivity index (χ0v) is 12.6. The van der Waals surface area contributed by atoms with Gasteiger partial charge in [0.05, 0.1) is 24.1 Å². The van der Waals surface area contributed by atoms with E-state index < -0.39 is 0 Å². The van der Waals surface area contributed by atoms with Gasteiger partial charge >= 0.3 is 0 Å². The van der Waals surface area contributed by atoms with Gasteiger partial charge in [0.25, 0.3) is 0 Å². The lowest BCUT2D eigenvalue weighted by Gasteiger charge is -2.45. The van der Waals surface area contributed by atoms with Gasteiger partial charge in [0.2, 0.25) is 0 Å². The molecule has 1 atom stereocenters. The van der Waals surface area contributed by atoms with Crippen LogP contribution in [0.3, 0.4) is 0 Å². The molecule has 1 N–H and O–H groups in total. The fourth-order valence-corrected chi connectivity index (χ4v) is 3.21. The Kier molecular flexibility index (Phi) is 3.94. The number of piperidine rings is 1. The number of aromatic nitrogens is 1. The lowest BCUT2D eigenvalue weighted by Crippen LogP contribution is -2.58. The van der Waals surface area contributed by atoms with Crippen molar-refractivity contribution < 1.29 is 4.74 Å². The van der Waals surface area contributed by atoms with Crippen molar-refractivity contribution in [1.29, 1.82) is 0 Å². The molecule has 0 bridgehead atoms. The first kappa shape index (κ1) is 13.8. The van der Waals surface area contributed by atoms with Gasteiger partial charge in [-0.05, 0) is 30.9 Å². The van der Waals surface area contributed by atoms with Crippen LogP contribution in [0.2, 0.25) is 0 Å². The van der Waals surface area contributed by atoms with Crippen LogP contribution in [0, 0.1) is 0 Å². The van der Waals surface area contributed by atoms with Gasteiger partial charge in [0.1, 0.15) is 0 Å². The molecule has 1 aromatic heterocycles. The van der Waals surface area contributed by atoms with Gasteiger partial charge in [0.15, 0.2) is 0 Å². The summed E-state index contributed by atoms with van der Waals surface area (Å²) in [4.78, 5) is 7.01. The van der Waals surface area contributed by atoms with E-state index in [1.165, 1.54) is 12.1 Å². The molecular weight excluding hydrogens is 250 g/mol. The molecule has 2 fully saturated rings. The van der Waals surface area contributed by atoms with E-state index in [1.54, 1.807) is 0 Å². The van der Waals surface area contributed by atoms with Crippen LogP contribution in [0.25, 0.3) is 0 Å². The monoisotopic (exact) mass is 275 g/mol. The first-order valence-corrected chi connectivity index (χ1v) is 7.74. The van der Waals surface area contributed by atoms with Crippen molar-refractivity contribution in [3.63, 3.8) is 0 Å². The fraction of sp³-hybridized carbons (Fsp3) is 0.688. The summed E-state index contributed by atoms with van der Waals surface area (Å²) in [7, 11) is 0. The molecule has 0 radical (unpaired) electrons. The lowest BCUT2D eigenvalue weighted by molar-refractivity contribution is -0.0725. The van der Waals surface area contributed by atoms with Crippen LogP contribution in [-0.4, -0.2) is 43.4 Å². The van der Waals surface area contributed by atoms with Gasteiger partial charge in [0, 0.05) is 31.9 Å². The van der Waals surface area contributed by atoms with Gasteiger partial charge in [-0.15, -0.1) is 0 Å². The fourth-order valence-electron chi connectivity index (χ4n) is 3.21. The summed E-state index contributed by atoms with van der Waals surface area (Å²) in [5.74, 6) is 0.489. The summed E-state index contributed by atoms with van der Waals surface area (Å²) in [6.07, 6.45) is 4.37. The predicted octanol–water partition coefficient (Wildman–Crippen LogP) is 2.16. The molecule has 20 heavy (non-hydrogen) atoms. The molecule has 2 saturated heterocycles. The molecule has 4 nitrogen and oxygen atoms in total. The number of hydrogen-bond donors (Lipinski definition) is 1. The van der Waals surface area contributed by atoms with Crippen molar-refractivity contribution in [2.45, 2.75) is 38.2 Å². The first-order chi connectivity index (χ1) is 9.69. The second kappa shape index (κ2) is 5.70. The third kappa shape index (κ3) is 2.81. The molecule has 0 unspecified atom stereocenters. The van der Waals surface area contributed by atoms with E-state index >= 15 is 0 Å². The number of hydrogen-bond acceptors (Lipinski definition) is 4. The molecular formula is C16H25N3O. The average molecular weight is 275 g/mol. The first-order valence-electron chi connectivity index (χ1n) is 7.74. The minimum Gasteiger partial charge on any atom is -0.371 e. The Morgan fingerprint density at radius 1 is 1.40 bits per heavy atom. The maximum atomic E-state index is 6.10. The minimum absolute atomic E-state index is 0.00716. The minimum atomic E-state index is 0.00716. The van der Waals surface area contributed by atoms with E-state index in [0.717, 1.165) is 44.9 Å². The Bertz CT molecular complexity index is 432. The number of anilines is 1. The van der Waals surface area contributed by atoms with Crippen LogP contribution < -0.4 is 10.2 Å². The van der Waals surface area contributed by atoms with Gasteiger partial charge in [-0.1, -0.05) is 13.8 Å². The van der Waals surface area contributed by atoms with Crippen LogP contribution in [0.4, 0.5) is 5.69 Å². The standard InChI is InChI=1S/C16H25N3O/c1-13(2)15-5-4-14(10-18-15)19-8-3-6-16(12-19)11-17-7-9-20-16/h4-5,10,13,17H,3,6-9,11-12H2,1-2H3/t16-/m0/s1. The van der Waals surface area contributed by atoms with Crippen molar-refractivity contribution in [2.75, 3.05) is 37.7 Å². The Labute approximate surface area is 121 Å². The number of nitrogens with zero attached hydrogens (tertiary/aromatic N) is 2. The molecule has 0 aromatic carbocycles. The summed E-state index contributed by atoms with van der Waals surface area (Å²) in [5.41, 5.74) is 2.39.